The predicted octanol–water partition coefficient (Wildman–Crippen LogP) is 7.14. The van der Waals surface area contributed by atoms with Crippen LogP contribution in [0.5, 0.6) is 17.2 Å². The maximum absolute atomic E-state index is 11.3. The van der Waals surface area contributed by atoms with Crippen molar-refractivity contribution in [2.24, 2.45) is 5.41 Å². The number of rotatable bonds is 11. The van der Waals surface area contributed by atoms with Crippen molar-refractivity contribution in [1.29, 1.82) is 0 Å². The Morgan fingerprint density at radius 1 is 0.939 bits per heavy atom. The van der Waals surface area contributed by atoms with Gasteiger partial charge in [0.05, 0.1) is 19.5 Å². The molecule has 0 atom stereocenters. The molecule has 1 aromatic heterocycles. The van der Waals surface area contributed by atoms with Gasteiger partial charge in [-0.3, -0.25) is 4.79 Å². The minimum atomic E-state index is -0.249. The number of esters is 1. The van der Waals surface area contributed by atoms with Crippen LogP contribution in [-0.4, -0.2) is 19.2 Å². The van der Waals surface area contributed by atoms with Crippen molar-refractivity contribution < 1.29 is 23.4 Å². The average molecular weight is 453 g/mol. The van der Waals surface area contributed by atoms with Crippen molar-refractivity contribution >= 4 is 16.9 Å². The van der Waals surface area contributed by atoms with Gasteiger partial charge in [-0.15, -0.1) is 0 Å². The monoisotopic (exact) mass is 452 g/mol. The highest BCUT2D eigenvalue weighted by atomic mass is 16.5. The second-order valence-corrected chi connectivity index (χ2v) is 9.52. The lowest BCUT2D eigenvalue weighted by atomic mass is 9.88. The van der Waals surface area contributed by atoms with Gasteiger partial charge in [-0.2, -0.15) is 0 Å². The van der Waals surface area contributed by atoms with Crippen molar-refractivity contribution in [3.8, 4) is 17.2 Å². The van der Waals surface area contributed by atoms with E-state index in [4.69, 9.17) is 18.6 Å². The van der Waals surface area contributed by atoms with Crippen molar-refractivity contribution in [1.82, 2.24) is 0 Å². The number of carbonyl (C=O) groups is 1. The molecule has 33 heavy (non-hydrogen) atoms. The molecule has 178 valence electrons. The standard InChI is InChI=1S/C28H36O5/c1-6-9-24-25(15-14-23-20(18-28(3,4)5)19-32-27(23)24)31-17-8-16-30-21-10-12-22(13-11-21)33-26(29)7-2/h10-15,19H,6-9,16-18H2,1-5H3. The van der Waals surface area contributed by atoms with Crippen LogP contribution in [0.3, 0.4) is 0 Å². The Labute approximate surface area is 197 Å². The number of aryl methyl sites for hydroxylation is 1. The van der Waals surface area contributed by atoms with Gasteiger partial charge < -0.3 is 18.6 Å². The molecule has 3 rings (SSSR count). The Bertz CT molecular complexity index is 1040. The van der Waals surface area contributed by atoms with Crippen LogP contribution in [0, 0.1) is 5.41 Å². The molecule has 0 fully saturated rings. The van der Waals surface area contributed by atoms with Crippen LogP contribution in [0.2, 0.25) is 0 Å². The molecule has 0 amide bonds. The molecule has 0 spiro atoms. The van der Waals surface area contributed by atoms with Crippen LogP contribution < -0.4 is 14.2 Å². The molecule has 3 aromatic rings. The molecule has 0 radical (unpaired) electrons. The van der Waals surface area contributed by atoms with Crippen molar-refractivity contribution in [2.75, 3.05) is 13.2 Å². The Balaban J connectivity index is 1.55. The third-order valence-corrected chi connectivity index (χ3v) is 5.26. The second-order valence-electron chi connectivity index (χ2n) is 9.52. The van der Waals surface area contributed by atoms with E-state index in [2.05, 4.69) is 39.8 Å². The first-order valence-corrected chi connectivity index (χ1v) is 11.9. The largest absolute Gasteiger partial charge is 0.493 e. The van der Waals surface area contributed by atoms with Crippen LogP contribution in [0.1, 0.15) is 65.0 Å². The van der Waals surface area contributed by atoms with E-state index in [1.165, 1.54) is 10.9 Å². The average Bonchev–Trinajstić information content (AvgIpc) is 3.17. The molecular formula is C28H36O5. The third-order valence-electron chi connectivity index (χ3n) is 5.26. The van der Waals surface area contributed by atoms with Gasteiger partial charge >= 0.3 is 5.97 Å². The summed E-state index contributed by atoms with van der Waals surface area (Å²) in [5, 5.41) is 1.19. The molecule has 2 aromatic carbocycles. The zero-order chi connectivity index (χ0) is 23.8. The molecule has 0 aliphatic heterocycles. The van der Waals surface area contributed by atoms with Gasteiger partial charge in [-0.25, -0.2) is 0 Å². The minimum absolute atomic E-state index is 0.206. The van der Waals surface area contributed by atoms with E-state index in [9.17, 15) is 4.79 Å². The van der Waals surface area contributed by atoms with E-state index in [0.29, 0.717) is 25.4 Å². The first kappa shape index (κ1) is 24.7. The summed E-state index contributed by atoms with van der Waals surface area (Å²) in [6.45, 7) is 11.8. The summed E-state index contributed by atoms with van der Waals surface area (Å²) >= 11 is 0. The lowest BCUT2D eigenvalue weighted by molar-refractivity contribution is -0.134. The van der Waals surface area contributed by atoms with Gasteiger partial charge in [0, 0.05) is 23.8 Å². The van der Waals surface area contributed by atoms with Crippen LogP contribution in [0.25, 0.3) is 11.0 Å². The summed E-state index contributed by atoms with van der Waals surface area (Å²) in [5.41, 5.74) is 3.56. The molecule has 5 nitrogen and oxygen atoms in total. The molecule has 0 bridgehead atoms. The number of ether oxygens (including phenoxy) is 3. The smallest absolute Gasteiger partial charge is 0.310 e. The Kier molecular flexibility index (Phi) is 8.43. The van der Waals surface area contributed by atoms with Crippen LogP contribution in [-0.2, 0) is 17.6 Å². The fourth-order valence-corrected chi connectivity index (χ4v) is 3.76. The topological polar surface area (TPSA) is 57.9 Å². The van der Waals surface area contributed by atoms with Crippen molar-refractivity contribution in [3.63, 3.8) is 0 Å². The lowest BCUT2D eigenvalue weighted by Crippen LogP contribution is -2.08. The summed E-state index contributed by atoms with van der Waals surface area (Å²) in [4.78, 5) is 11.3. The summed E-state index contributed by atoms with van der Waals surface area (Å²) in [6, 6.07) is 11.3. The van der Waals surface area contributed by atoms with Gasteiger partial charge in [0.1, 0.15) is 22.8 Å². The van der Waals surface area contributed by atoms with Gasteiger partial charge in [0.15, 0.2) is 0 Å². The highest BCUT2D eigenvalue weighted by Gasteiger charge is 2.19. The molecule has 0 aliphatic carbocycles. The Hall–Kier alpha value is -2.95. The first-order chi connectivity index (χ1) is 15.8. The van der Waals surface area contributed by atoms with E-state index < -0.39 is 0 Å². The van der Waals surface area contributed by atoms with E-state index in [1.54, 1.807) is 31.2 Å². The highest BCUT2D eigenvalue weighted by Crippen LogP contribution is 2.35. The van der Waals surface area contributed by atoms with Gasteiger partial charge in [-0.1, -0.05) is 41.0 Å². The zero-order valence-electron chi connectivity index (χ0n) is 20.5. The van der Waals surface area contributed by atoms with Crippen LogP contribution in [0.4, 0.5) is 0 Å². The van der Waals surface area contributed by atoms with E-state index >= 15 is 0 Å². The third kappa shape index (κ3) is 7.01. The molecule has 5 heteroatoms. The van der Waals surface area contributed by atoms with E-state index in [0.717, 1.165) is 48.3 Å². The number of hydrogen-bond donors (Lipinski definition) is 0. The molecule has 0 N–H and O–H groups in total. The SMILES string of the molecule is CCCc1c(OCCCOc2ccc(OC(=O)CC)cc2)ccc2c(CC(C)(C)C)coc12. The number of furan rings is 1. The van der Waals surface area contributed by atoms with Gasteiger partial charge in [0.2, 0.25) is 0 Å². The van der Waals surface area contributed by atoms with Crippen LogP contribution in [0.15, 0.2) is 47.1 Å². The molecule has 1 heterocycles. The number of carbonyl (C=O) groups excluding carboxylic acids is 1. The Morgan fingerprint density at radius 3 is 2.30 bits per heavy atom. The summed E-state index contributed by atoms with van der Waals surface area (Å²) < 4.78 is 23.1. The maximum Gasteiger partial charge on any atom is 0.310 e. The van der Waals surface area contributed by atoms with Gasteiger partial charge in [-0.05, 0) is 60.2 Å². The Morgan fingerprint density at radius 2 is 1.64 bits per heavy atom. The summed E-state index contributed by atoms with van der Waals surface area (Å²) in [7, 11) is 0. The molecular weight excluding hydrogens is 416 g/mol. The fourth-order valence-electron chi connectivity index (χ4n) is 3.76. The summed E-state index contributed by atoms with van der Waals surface area (Å²) in [5.74, 6) is 1.91. The first-order valence-electron chi connectivity index (χ1n) is 11.9. The zero-order valence-corrected chi connectivity index (χ0v) is 20.5. The minimum Gasteiger partial charge on any atom is -0.493 e. The number of hydrogen-bond acceptors (Lipinski definition) is 5. The molecule has 0 saturated carbocycles. The predicted molar refractivity (Wildman–Crippen MR) is 131 cm³/mol. The number of benzene rings is 2. The van der Waals surface area contributed by atoms with Crippen LogP contribution >= 0.6 is 0 Å². The second kappa shape index (κ2) is 11.3. The normalized spacial score (nSPS) is 11.5. The fraction of sp³-hybridized carbons (Fsp3) is 0.464. The van der Waals surface area contributed by atoms with E-state index in [1.807, 2.05) is 6.26 Å². The van der Waals surface area contributed by atoms with E-state index in [-0.39, 0.29) is 11.4 Å². The van der Waals surface area contributed by atoms with Crippen molar-refractivity contribution in [3.05, 3.63) is 53.8 Å². The quantitative estimate of drug-likeness (QED) is 0.176. The highest BCUT2D eigenvalue weighted by molar-refractivity contribution is 5.86. The van der Waals surface area contributed by atoms with Gasteiger partial charge in [0.25, 0.3) is 0 Å². The lowest BCUT2D eigenvalue weighted by Gasteiger charge is -2.17. The number of fused-ring (bicyclic) bond motifs is 1. The summed E-state index contributed by atoms with van der Waals surface area (Å²) in [6.07, 6.45) is 5.93. The molecule has 0 unspecified atom stereocenters. The maximum atomic E-state index is 11.3. The molecule has 0 aliphatic rings. The molecule has 0 saturated heterocycles. The van der Waals surface area contributed by atoms with Crippen molar-refractivity contribution in [2.45, 2.75) is 66.7 Å².